The molecule has 0 atom stereocenters. The van der Waals surface area contributed by atoms with E-state index in [9.17, 15) is 9.59 Å². The number of ether oxygens (including phenoxy) is 2. The quantitative estimate of drug-likeness (QED) is 0.196. The number of benzene rings is 2. The Morgan fingerprint density at radius 3 is 2.61 bits per heavy atom. The van der Waals surface area contributed by atoms with Crippen molar-refractivity contribution in [1.29, 1.82) is 0 Å². The Labute approximate surface area is 180 Å². The molecule has 7 nitrogen and oxygen atoms in total. The number of furan rings is 1. The maximum absolute atomic E-state index is 11.9. The van der Waals surface area contributed by atoms with E-state index in [1.54, 1.807) is 36.4 Å². The van der Waals surface area contributed by atoms with Crippen LogP contribution in [0.3, 0.4) is 0 Å². The van der Waals surface area contributed by atoms with Gasteiger partial charge in [0.25, 0.3) is 5.91 Å². The Morgan fingerprint density at radius 2 is 1.87 bits per heavy atom. The van der Waals surface area contributed by atoms with Gasteiger partial charge >= 0.3 is 5.97 Å². The normalized spacial score (nSPS) is 11.0. The SMILES string of the molecule is Cc1cccc(OCC(=O)N/N=C\c2ccc(OC(=O)/C=C/c3ccco3)cc2)c1C. The van der Waals surface area contributed by atoms with Crippen molar-refractivity contribution in [1.82, 2.24) is 5.43 Å². The van der Waals surface area contributed by atoms with Crippen LogP contribution in [0.5, 0.6) is 11.5 Å². The van der Waals surface area contributed by atoms with Crippen molar-refractivity contribution in [2.45, 2.75) is 13.8 Å². The Morgan fingerprint density at radius 1 is 1.06 bits per heavy atom. The van der Waals surface area contributed by atoms with Gasteiger partial charge in [-0.25, -0.2) is 10.2 Å². The third kappa shape index (κ3) is 6.71. The molecule has 3 rings (SSSR count). The fourth-order valence-electron chi connectivity index (χ4n) is 2.54. The molecule has 0 spiro atoms. The minimum Gasteiger partial charge on any atom is -0.483 e. The maximum atomic E-state index is 11.9. The van der Waals surface area contributed by atoms with Crippen LogP contribution in [0.25, 0.3) is 6.08 Å². The fraction of sp³-hybridized carbons (Fsp3) is 0.125. The molecular weight excluding hydrogens is 396 g/mol. The number of rotatable bonds is 8. The molecule has 2 aromatic carbocycles. The second-order valence-corrected chi connectivity index (χ2v) is 6.62. The first-order valence-corrected chi connectivity index (χ1v) is 9.55. The van der Waals surface area contributed by atoms with Crippen LogP contribution in [0.1, 0.15) is 22.5 Å². The van der Waals surface area contributed by atoms with Crippen LogP contribution < -0.4 is 14.9 Å². The van der Waals surface area contributed by atoms with Crippen LogP contribution in [0.15, 0.2) is 76.5 Å². The molecule has 1 amide bonds. The predicted octanol–water partition coefficient (Wildman–Crippen LogP) is 4.04. The van der Waals surface area contributed by atoms with Gasteiger partial charge in [0.05, 0.1) is 12.5 Å². The topological polar surface area (TPSA) is 90.1 Å². The number of esters is 1. The highest BCUT2D eigenvalue weighted by atomic mass is 16.5. The van der Waals surface area contributed by atoms with Crippen molar-refractivity contribution in [2.24, 2.45) is 5.10 Å². The van der Waals surface area contributed by atoms with E-state index in [2.05, 4.69) is 10.5 Å². The van der Waals surface area contributed by atoms with E-state index in [-0.39, 0.29) is 12.5 Å². The van der Waals surface area contributed by atoms with E-state index in [1.807, 2.05) is 32.0 Å². The number of amides is 1. The molecule has 0 aliphatic heterocycles. The summed E-state index contributed by atoms with van der Waals surface area (Å²) in [5, 5.41) is 3.91. The molecule has 0 aliphatic carbocycles. The number of carbonyl (C=O) groups excluding carboxylic acids is 2. The number of hydrazone groups is 1. The summed E-state index contributed by atoms with van der Waals surface area (Å²) < 4.78 is 15.8. The lowest BCUT2D eigenvalue weighted by Crippen LogP contribution is -2.24. The van der Waals surface area contributed by atoms with Gasteiger partial charge in [-0.2, -0.15) is 5.10 Å². The largest absolute Gasteiger partial charge is 0.483 e. The average molecular weight is 418 g/mol. The van der Waals surface area contributed by atoms with Crippen LogP contribution in [0.4, 0.5) is 0 Å². The number of aryl methyl sites for hydroxylation is 1. The van der Waals surface area contributed by atoms with Crippen LogP contribution in [0.2, 0.25) is 0 Å². The summed E-state index contributed by atoms with van der Waals surface area (Å²) in [5.41, 5.74) is 5.23. The van der Waals surface area contributed by atoms with Crippen LogP contribution in [-0.4, -0.2) is 24.7 Å². The Balaban J connectivity index is 1.44. The van der Waals surface area contributed by atoms with Gasteiger partial charge in [-0.05, 0) is 79.1 Å². The Kier molecular flexibility index (Phi) is 7.37. The molecule has 1 N–H and O–H groups in total. The summed E-state index contributed by atoms with van der Waals surface area (Å²) in [5.74, 6) is 0.727. The van der Waals surface area contributed by atoms with E-state index in [0.717, 1.165) is 16.7 Å². The van der Waals surface area contributed by atoms with Gasteiger partial charge in [-0.3, -0.25) is 4.79 Å². The smallest absolute Gasteiger partial charge is 0.336 e. The molecule has 0 bridgehead atoms. The fourth-order valence-corrected chi connectivity index (χ4v) is 2.54. The highest BCUT2D eigenvalue weighted by molar-refractivity contribution is 5.88. The molecule has 1 heterocycles. The molecule has 7 heteroatoms. The second kappa shape index (κ2) is 10.6. The summed E-state index contributed by atoms with van der Waals surface area (Å²) in [6.45, 7) is 3.79. The summed E-state index contributed by atoms with van der Waals surface area (Å²) in [6, 6.07) is 15.8. The summed E-state index contributed by atoms with van der Waals surface area (Å²) in [6.07, 6.45) is 5.81. The van der Waals surface area contributed by atoms with Gasteiger partial charge in [0.1, 0.15) is 17.3 Å². The zero-order valence-corrected chi connectivity index (χ0v) is 17.2. The van der Waals surface area contributed by atoms with E-state index in [4.69, 9.17) is 13.9 Å². The van der Waals surface area contributed by atoms with E-state index in [1.165, 1.54) is 24.6 Å². The van der Waals surface area contributed by atoms with Gasteiger partial charge in [0.2, 0.25) is 0 Å². The van der Waals surface area contributed by atoms with E-state index < -0.39 is 5.97 Å². The number of carbonyl (C=O) groups is 2. The van der Waals surface area contributed by atoms with Crippen LogP contribution in [0, 0.1) is 13.8 Å². The molecule has 1 aromatic heterocycles. The van der Waals surface area contributed by atoms with Crippen molar-refractivity contribution >= 4 is 24.2 Å². The molecular formula is C24H22N2O5. The summed E-state index contributed by atoms with van der Waals surface area (Å²) in [4.78, 5) is 23.7. The van der Waals surface area contributed by atoms with Gasteiger partial charge in [0.15, 0.2) is 6.61 Å². The third-order valence-corrected chi connectivity index (χ3v) is 4.34. The maximum Gasteiger partial charge on any atom is 0.336 e. The molecule has 158 valence electrons. The second-order valence-electron chi connectivity index (χ2n) is 6.62. The molecule has 0 aliphatic rings. The Hall–Kier alpha value is -4.13. The molecule has 0 unspecified atom stereocenters. The highest BCUT2D eigenvalue weighted by Crippen LogP contribution is 2.20. The molecule has 3 aromatic rings. The lowest BCUT2D eigenvalue weighted by molar-refractivity contribution is -0.129. The number of nitrogens with one attached hydrogen (secondary N) is 1. The van der Waals surface area contributed by atoms with Crippen molar-refractivity contribution in [3.63, 3.8) is 0 Å². The first-order chi connectivity index (χ1) is 15.0. The van der Waals surface area contributed by atoms with E-state index in [0.29, 0.717) is 17.3 Å². The molecule has 0 fully saturated rings. The Bertz CT molecular complexity index is 1080. The van der Waals surface area contributed by atoms with Gasteiger partial charge in [-0.1, -0.05) is 12.1 Å². The molecule has 0 saturated carbocycles. The summed E-state index contributed by atoms with van der Waals surface area (Å²) >= 11 is 0. The van der Waals surface area contributed by atoms with Gasteiger partial charge in [0, 0.05) is 6.08 Å². The number of hydrogen-bond donors (Lipinski definition) is 1. The lowest BCUT2D eigenvalue weighted by atomic mass is 10.1. The summed E-state index contributed by atoms with van der Waals surface area (Å²) in [7, 11) is 0. The van der Waals surface area contributed by atoms with Crippen LogP contribution >= 0.6 is 0 Å². The molecule has 31 heavy (non-hydrogen) atoms. The van der Waals surface area contributed by atoms with Crippen molar-refractivity contribution < 1.29 is 23.5 Å². The molecule has 0 radical (unpaired) electrons. The first kappa shape index (κ1) is 21.6. The monoisotopic (exact) mass is 418 g/mol. The number of hydrogen-bond acceptors (Lipinski definition) is 6. The number of nitrogens with zero attached hydrogens (tertiary/aromatic N) is 1. The van der Waals surface area contributed by atoms with Crippen molar-refractivity contribution in [3.8, 4) is 11.5 Å². The third-order valence-electron chi connectivity index (χ3n) is 4.34. The van der Waals surface area contributed by atoms with Gasteiger partial charge in [-0.15, -0.1) is 0 Å². The lowest BCUT2D eigenvalue weighted by Gasteiger charge is -2.09. The van der Waals surface area contributed by atoms with E-state index >= 15 is 0 Å². The molecule has 0 saturated heterocycles. The predicted molar refractivity (Wildman–Crippen MR) is 117 cm³/mol. The minimum atomic E-state index is -0.520. The van der Waals surface area contributed by atoms with Gasteiger partial charge < -0.3 is 13.9 Å². The van der Waals surface area contributed by atoms with Crippen molar-refractivity contribution in [3.05, 3.63) is 89.4 Å². The highest BCUT2D eigenvalue weighted by Gasteiger charge is 2.05. The van der Waals surface area contributed by atoms with Crippen molar-refractivity contribution in [2.75, 3.05) is 6.61 Å². The van der Waals surface area contributed by atoms with Crippen LogP contribution in [-0.2, 0) is 9.59 Å². The first-order valence-electron chi connectivity index (χ1n) is 9.55. The standard InChI is InChI=1S/C24H22N2O5/c1-17-5-3-7-22(18(17)2)30-16-23(27)26-25-15-19-8-10-21(11-9-19)31-24(28)13-12-20-6-4-14-29-20/h3-15H,16H2,1-2H3,(H,26,27)/b13-12+,25-15-. The average Bonchev–Trinajstić information content (AvgIpc) is 3.28. The zero-order chi connectivity index (χ0) is 22.1. The minimum absolute atomic E-state index is 0.137. The zero-order valence-electron chi connectivity index (χ0n) is 17.2.